The number of carbonyl (C=O) groups is 1. The number of hydrogen-bond acceptors (Lipinski definition) is 3. The summed E-state index contributed by atoms with van der Waals surface area (Å²) in [4.78, 5) is 17.0. The van der Waals surface area contributed by atoms with Gasteiger partial charge in [-0.05, 0) is 61.4 Å². The van der Waals surface area contributed by atoms with Crippen LogP contribution in [0.15, 0.2) is 71.1 Å². The second-order valence-corrected chi connectivity index (χ2v) is 6.57. The highest BCUT2D eigenvalue weighted by Crippen LogP contribution is 2.26. The van der Waals surface area contributed by atoms with Crippen molar-refractivity contribution in [2.75, 3.05) is 5.32 Å². The van der Waals surface area contributed by atoms with E-state index in [0.29, 0.717) is 28.2 Å². The molecule has 0 aliphatic rings. The Bertz CT molecular complexity index is 1090. The minimum atomic E-state index is -0.140. The van der Waals surface area contributed by atoms with Gasteiger partial charge in [-0.2, -0.15) is 0 Å². The average Bonchev–Trinajstić information content (AvgIpc) is 3.12. The zero-order chi connectivity index (χ0) is 18.8. The summed E-state index contributed by atoms with van der Waals surface area (Å²) in [5, 5.41) is 2.92. The molecule has 4 nitrogen and oxygen atoms in total. The highest BCUT2D eigenvalue weighted by molar-refractivity contribution is 6.05. The van der Waals surface area contributed by atoms with E-state index in [9.17, 15) is 4.79 Å². The molecule has 1 heterocycles. The zero-order valence-electron chi connectivity index (χ0n) is 15.3. The fourth-order valence-corrected chi connectivity index (χ4v) is 2.92. The van der Waals surface area contributed by atoms with Gasteiger partial charge in [0.1, 0.15) is 5.52 Å². The third kappa shape index (κ3) is 3.60. The number of benzene rings is 3. The van der Waals surface area contributed by atoms with Crippen LogP contribution in [0.1, 0.15) is 28.4 Å². The van der Waals surface area contributed by atoms with Crippen molar-refractivity contribution in [3.05, 3.63) is 83.4 Å². The maximum Gasteiger partial charge on any atom is 0.255 e. The third-order valence-corrected chi connectivity index (χ3v) is 4.57. The lowest BCUT2D eigenvalue weighted by Gasteiger charge is -2.05. The molecule has 0 unspecified atom stereocenters. The van der Waals surface area contributed by atoms with Crippen LogP contribution in [0.25, 0.3) is 22.6 Å². The predicted octanol–water partition coefficient (Wildman–Crippen LogP) is 5.62. The van der Waals surface area contributed by atoms with Gasteiger partial charge in [-0.25, -0.2) is 4.98 Å². The Morgan fingerprint density at radius 2 is 1.74 bits per heavy atom. The first-order valence-corrected chi connectivity index (χ1v) is 9.00. The predicted molar refractivity (Wildman–Crippen MR) is 108 cm³/mol. The lowest BCUT2D eigenvalue weighted by molar-refractivity contribution is 0.102. The Labute approximate surface area is 157 Å². The van der Waals surface area contributed by atoms with Crippen molar-refractivity contribution >= 4 is 22.7 Å². The van der Waals surface area contributed by atoms with Crippen LogP contribution >= 0.6 is 0 Å². The molecule has 0 aliphatic heterocycles. The molecule has 27 heavy (non-hydrogen) atoms. The number of carbonyl (C=O) groups excluding carboxylic acids is 1. The van der Waals surface area contributed by atoms with Gasteiger partial charge in [-0.1, -0.05) is 36.8 Å². The Balaban J connectivity index is 1.57. The van der Waals surface area contributed by atoms with E-state index in [2.05, 4.69) is 17.2 Å². The van der Waals surface area contributed by atoms with Gasteiger partial charge in [-0.3, -0.25) is 4.79 Å². The van der Waals surface area contributed by atoms with E-state index in [0.717, 1.165) is 12.0 Å². The smallest absolute Gasteiger partial charge is 0.255 e. The molecular weight excluding hydrogens is 336 g/mol. The standard InChI is InChI=1S/C23H20N2O2/c1-3-16-6-10-17(11-7-16)22(26)24-19-12-13-21-20(14-19)25-23(27-21)18-8-4-15(2)5-9-18/h4-14H,3H2,1-2H3,(H,24,26). The van der Waals surface area contributed by atoms with Crippen LogP contribution in [0, 0.1) is 6.92 Å². The monoisotopic (exact) mass is 356 g/mol. The second kappa shape index (κ2) is 7.08. The molecule has 0 fully saturated rings. The number of nitrogens with one attached hydrogen (secondary N) is 1. The molecule has 1 amide bonds. The molecule has 0 bridgehead atoms. The van der Waals surface area contributed by atoms with Crippen molar-refractivity contribution in [2.45, 2.75) is 20.3 Å². The number of oxazole rings is 1. The molecule has 134 valence electrons. The fraction of sp³-hybridized carbons (Fsp3) is 0.130. The maximum absolute atomic E-state index is 12.5. The fourth-order valence-electron chi connectivity index (χ4n) is 2.92. The van der Waals surface area contributed by atoms with E-state index >= 15 is 0 Å². The normalized spacial score (nSPS) is 10.9. The second-order valence-electron chi connectivity index (χ2n) is 6.57. The van der Waals surface area contributed by atoms with Crippen LogP contribution < -0.4 is 5.32 Å². The molecule has 3 aromatic carbocycles. The Morgan fingerprint density at radius 3 is 2.44 bits per heavy atom. The van der Waals surface area contributed by atoms with Gasteiger partial charge in [0.15, 0.2) is 5.58 Å². The van der Waals surface area contributed by atoms with Gasteiger partial charge in [0.25, 0.3) is 5.91 Å². The maximum atomic E-state index is 12.5. The number of aryl methyl sites for hydroxylation is 2. The van der Waals surface area contributed by atoms with Crippen LogP contribution in [0.2, 0.25) is 0 Å². The molecule has 0 atom stereocenters. The van der Waals surface area contributed by atoms with Gasteiger partial charge in [0, 0.05) is 16.8 Å². The largest absolute Gasteiger partial charge is 0.436 e. The first-order valence-electron chi connectivity index (χ1n) is 9.00. The Morgan fingerprint density at radius 1 is 1.00 bits per heavy atom. The van der Waals surface area contributed by atoms with Crippen LogP contribution in [-0.4, -0.2) is 10.9 Å². The lowest BCUT2D eigenvalue weighted by atomic mass is 10.1. The number of nitrogens with zero attached hydrogens (tertiary/aromatic N) is 1. The zero-order valence-corrected chi connectivity index (χ0v) is 15.3. The van der Waals surface area contributed by atoms with Crippen LogP contribution in [0.3, 0.4) is 0 Å². The van der Waals surface area contributed by atoms with Gasteiger partial charge >= 0.3 is 0 Å². The van der Waals surface area contributed by atoms with Crippen LogP contribution in [-0.2, 0) is 6.42 Å². The van der Waals surface area contributed by atoms with Crippen molar-refractivity contribution in [1.82, 2.24) is 4.98 Å². The quantitative estimate of drug-likeness (QED) is 0.516. The van der Waals surface area contributed by atoms with E-state index < -0.39 is 0 Å². The van der Waals surface area contributed by atoms with Gasteiger partial charge in [0.2, 0.25) is 5.89 Å². The van der Waals surface area contributed by atoms with Crippen molar-refractivity contribution in [2.24, 2.45) is 0 Å². The SMILES string of the molecule is CCc1ccc(C(=O)Nc2ccc3oc(-c4ccc(C)cc4)nc3c2)cc1. The molecule has 0 radical (unpaired) electrons. The van der Waals surface area contributed by atoms with E-state index in [1.807, 2.05) is 73.7 Å². The summed E-state index contributed by atoms with van der Waals surface area (Å²) in [5.41, 5.74) is 6.05. The summed E-state index contributed by atoms with van der Waals surface area (Å²) in [7, 11) is 0. The number of amides is 1. The lowest BCUT2D eigenvalue weighted by Crippen LogP contribution is -2.11. The van der Waals surface area contributed by atoms with E-state index in [1.54, 1.807) is 0 Å². The molecule has 4 heteroatoms. The van der Waals surface area contributed by atoms with E-state index in [1.165, 1.54) is 11.1 Å². The summed E-state index contributed by atoms with van der Waals surface area (Å²) in [6.07, 6.45) is 0.952. The molecule has 1 aromatic heterocycles. The van der Waals surface area contributed by atoms with Crippen molar-refractivity contribution in [1.29, 1.82) is 0 Å². The minimum absolute atomic E-state index is 0.140. The molecule has 1 N–H and O–H groups in total. The average molecular weight is 356 g/mol. The first-order chi connectivity index (χ1) is 13.1. The van der Waals surface area contributed by atoms with Crippen LogP contribution in [0.5, 0.6) is 0 Å². The summed E-state index contributed by atoms with van der Waals surface area (Å²) in [5.74, 6) is 0.433. The third-order valence-electron chi connectivity index (χ3n) is 4.57. The highest BCUT2D eigenvalue weighted by Gasteiger charge is 2.11. The number of rotatable bonds is 4. The molecule has 0 saturated heterocycles. The van der Waals surface area contributed by atoms with Crippen molar-refractivity contribution in [3.63, 3.8) is 0 Å². The summed E-state index contributed by atoms with van der Waals surface area (Å²) >= 11 is 0. The summed E-state index contributed by atoms with van der Waals surface area (Å²) in [6, 6.07) is 21.2. The van der Waals surface area contributed by atoms with Gasteiger partial charge in [-0.15, -0.1) is 0 Å². The molecule has 0 spiro atoms. The topological polar surface area (TPSA) is 55.1 Å². The molecule has 0 aliphatic carbocycles. The Hall–Kier alpha value is -3.40. The number of anilines is 1. The molecule has 4 rings (SSSR count). The number of aromatic nitrogens is 1. The van der Waals surface area contributed by atoms with Gasteiger partial charge in [0.05, 0.1) is 0 Å². The number of fused-ring (bicyclic) bond motifs is 1. The first kappa shape index (κ1) is 17.0. The molecule has 0 saturated carbocycles. The molecular formula is C23H20N2O2. The summed E-state index contributed by atoms with van der Waals surface area (Å²) < 4.78 is 5.84. The minimum Gasteiger partial charge on any atom is -0.436 e. The Kier molecular flexibility index (Phi) is 4.47. The van der Waals surface area contributed by atoms with E-state index in [-0.39, 0.29) is 5.91 Å². The highest BCUT2D eigenvalue weighted by atomic mass is 16.3. The van der Waals surface area contributed by atoms with Crippen LogP contribution in [0.4, 0.5) is 5.69 Å². The summed E-state index contributed by atoms with van der Waals surface area (Å²) in [6.45, 7) is 4.13. The van der Waals surface area contributed by atoms with E-state index in [4.69, 9.17) is 4.42 Å². The number of hydrogen-bond donors (Lipinski definition) is 1. The van der Waals surface area contributed by atoms with Gasteiger partial charge < -0.3 is 9.73 Å². The van der Waals surface area contributed by atoms with Crippen molar-refractivity contribution < 1.29 is 9.21 Å². The van der Waals surface area contributed by atoms with Crippen molar-refractivity contribution in [3.8, 4) is 11.5 Å². The molecule has 4 aromatic rings.